The number of hydrogen-bond acceptors (Lipinski definition) is 5. The first-order chi connectivity index (χ1) is 6.25. The minimum absolute atomic E-state index is 0.0142. The predicted octanol–water partition coefficient (Wildman–Crippen LogP) is 1.38. The van der Waals surface area contributed by atoms with E-state index < -0.39 is 0 Å². The zero-order chi connectivity index (χ0) is 9.26. The molecule has 1 aliphatic rings. The number of aliphatic imine (C=N–C) groups is 1. The fourth-order valence-electron chi connectivity index (χ4n) is 0.870. The summed E-state index contributed by atoms with van der Waals surface area (Å²) in [6.45, 7) is 1.85. The van der Waals surface area contributed by atoms with Crippen molar-refractivity contribution in [2.75, 3.05) is 0 Å². The van der Waals surface area contributed by atoms with E-state index in [-0.39, 0.29) is 11.2 Å². The zero-order valence-corrected chi connectivity index (χ0v) is 8.48. The second-order valence-electron chi connectivity index (χ2n) is 2.48. The van der Waals surface area contributed by atoms with Gasteiger partial charge >= 0.3 is 0 Å². The van der Waals surface area contributed by atoms with E-state index in [2.05, 4.69) is 15.3 Å². The molecule has 0 aromatic carbocycles. The fourth-order valence-corrected chi connectivity index (χ4v) is 2.24. The zero-order valence-electron chi connectivity index (χ0n) is 6.85. The van der Waals surface area contributed by atoms with Gasteiger partial charge in [-0.15, -0.1) is 11.3 Å². The molecule has 1 unspecified atom stereocenters. The minimum Gasteiger partial charge on any atom is -0.304 e. The van der Waals surface area contributed by atoms with Crippen molar-refractivity contribution in [1.29, 1.82) is 0 Å². The largest absolute Gasteiger partial charge is 0.304 e. The second-order valence-corrected chi connectivity index (χ2v) is 4.68. The van der Waals surface area contributed by atoms with Crippen molar-refractivity contribution in [2.24, 2.45) is 4.99 Å². The van der Waals surface area contributed by atoms with Gasteiger partial charge in [0.05, 0.1) is 5.25 Å². The Bertz CT molecular complexity index is 347. The van der Waals surface area contributed by atoms with E-state index in [1.807, 2.05) is 12.3 Å². The van der Waals surface area contributed by atoms with E-state index in [0.717, 1.165) is 0 Å². The van der Waals surface area contributed by atoms with Crippen molar-refractivity contribution in [2.45, 2.75) is 12.2 Å². The van der Waals surface area contributed by atoms with Crippen LogP contribution in [0.1, 0.15) is 6.92 Å². The summed E-state index contributed by atoms with van der Waals surface area (Å²) in [6, 6.07) is 0. The highest BCUT2D eigenvalue weighted by atomic mass is 32.2. The van der Waals surface area contributed by atoms with Gasteiger partial charge in [-0.1, -0.05) is 11.8 Å². The lowest BCUT2D eigenvalue weighted by Gasteiger charge is -1.90. The summed E-state index contributed by atoms with van der Waals surface area (Å²) in [5.41, 5.74) is 0. The summed E-state index contributed by atoms with van der Waals surface area (Å²) in [5.74, 6) is 0.0142. The van der Waals surface area contributed by atoms with E-state index in [1.54, 1.807) is 6.20 Å². The van der Waals surface area contributed by atoms with Gasteiger partial charge in [0, 0.05) is 11.6 Å². The standard InChI is InChI=1S/C7H7N3OS2/c1-4-5(11)9-7(13-4)10-6-8-2-3-12-6/h2-4H,1H3,(H,8,9,10,11). The number of carbonyl (C=O) groups is 1. The van der Waals surface area contributed by atoms with Crippen molar-refractivity contribution in [3.63, 3.8) is 0 Å². The van der Waals surface area contributed by atoms with Crippen molar-refractivity contribution in [1.82, 2.24) is 10.3 Å². The van der Waals surface area contributed by atoms with Crippen LogP contribution in [0.4, 0.5) is 5.13 Å². The van der Waals surface area contributed by atoms with Crippen LogP contribution in [0.15, 0.2) is 16.6 Å². The molecule has 2 rings (SSSR count). The van der Waals surface area contributed by atoms with E-state index in [1.165, 1.54) is 23.1 Å². The first kappa shape index (κ1) is 8.71. The molecule has 1 atom stereocenters. The maximum absolute atomic E-state index is 11.1. The SMILES string of the molecule is CC1S/C(=N\c2nccs2)NC1=O. The third-order valence-corrected chi connectivity index (χ3v) is 3.15. The molecule has 0 aliphatic carbocycles. The van der Waals surface area contributed by atoms with Crippen molar-refractivity contribution >= 4 is 39.3 Å². The Morgan fingerprint density at radius 1 is 1.69 bits per heavy atom. The Morgan fingerprint density at radius 3 is 3.08 bits per heavy atom. The van der Waals surface area contributed by atoms with Crippen molar-refractivity contribution in [3.8, 4) is 0 Å². The lowest BCUT2D eigenvalue weighted by Crippen LogP contribution is -2.23. The lowest BCUT2D eigenvalue weighted by atomic mass is 10.4. The fraction of sp³-hybridized carbons (Fsp3) is 0.286. The molecule has 1 fully saturated rings. The Hall–Kier alpha value is -0.880. The smallest absolute Gasteiger partial charge is 0.239 e. The topological polar surface area (TPSA) is 54.4 Å². The van der Waals surface area contributed by atoms with Gasteiger partial charge in [0.25, 0.3) is 0 Å². The second kappa shape index (κ2) is 3.47. The molecular weight excluding hydrogens is 206 g/mol. The van der Waals surface area contributed by atoms with Crippen LogP contribution in [-0.2, 0) is 4.79 Å². The average Bonchev–Trinajstić information content (AvgIpc) is 2.64. The van der Waals surface area contributed by atoms with Gasteiger partial charge in [-0.3, -0.25) is 4.79 Å². The molecule has 13 heavy (non-hydrogen) atoms. The molecule has 1 aliphatic heterocycles. The number of thiazole rings is 1. The van der Waals surface area contributed by atoms with Crippen LogP contribution in [-0.4, -0.2) is 21.3 Å². The van der Waals surface area contributed by atoms with Gasteiger partial charge in [-0.25, -0.2) is 4.98 Å². The molecule has 0 spiro atoms. The van der Waals surface area contributed by atoms with E-state index in [4.69, 9.17) is 0 Å². The maximum atomic E-state index is 11.1. The minimum atomic E-state index is -0.0429. The van der Waals surface area contributed by atoms with Gasteiger partial charge in [-0.05, 0) is 6.92 Å². The molecule has 1 aromatic heterocycles. The summed E-state index contributed by atoms with van der Waals surface area (Å²) < 4.78 is 0. The first-order valence-corrected chi connectivity index (χ1v) is 5.47. The number of aromatic nitrogens is 1. The van der Waals surface area contributed by atoms with Crippen LogP contribution in [0.5, 0.6) is 0 Å². The van der Waals surface area contributed by atoms with Crippen LogP contribution >= 0.6 is 23.1 Å². The average molecular weight is 213 g/mol. The molecule has 1 saturated heterocycles. The number of carbonyl (C=O) groups excluding carboxylic acids is 1. The summed E-state index contributed by atoms with van der Waals surface area (Å²) >= 11 is 2.88. The molecule has 4 nitrogen and oxygen atoms in total. The third-order valence-electron chi connectivity index (χ3n) is 1.50. The quantitative estimate of drug-likeness (QED) is 0.766. The highest BCUT2D eigenvalue weighted by Gasteiger charge is 2.25. The molecule has 0 saturated carbocycles. The van der Waals surface area contributed by atoms with E-state index in [0.29, 0.717) is 10.3 Å². The van der Waals surface area contributed by atoms with Crippen LogP contribution in [0.25, 0.3) is 0 Å². The molecule has 1 amide bonds. The number of amidine groups is 1. The van der Waals surface area contributed by atoms with Gasteiger partial charge in [0.1, 0.15) is 0 Å². The van der Waals surface area contributed by atoms with Gasteiger partial charge < -0.3 is 5.32 Å². The number of thioether (sulfide) groups is 1. The Morgan fingerprint density at radius 2 is 2.54 bits per heavy atom. The summed E-state index contributed by atoms with van der Waals surface area (Å²) in [6.07, 6.45) is 1.69. The molecule has 2 heterocycles. The number of nitrogens with zero attached hydrogens (tertiary/aromatic N) is 2. The van der Waals surface area contributed by atoms with Crippen LogP contribution in [0, 0.1) is 0 Å². The number of hydrogen-bond donors (Lipinski definition) is 1. The summed E-state index contributed by atoms with van der Waals surface area (Å²) in [4.78, 5) is 19.3. The Balaban J connectivity index is 2.15. The lowest BCUT2D eigenvalue weighted by molar-refractivity contribution is -0.118. The first-order valence-electron chi connectivity index (χ1n) is 3.71. The normalized spacial score (nSPS) is 25.2. The number of rotatable bonds is 1. The van der Waals surface area contributed by atoms with E-state index in [9.17, 15) is 4.79 Å². The Labute approximate surface area is 83.5 Å². The van der Waals surface area contributed by atoms with Crippen LogP contribution in [0.2, 0.25) is 0 Å². The summed E-state index contributed by atoms with van der Waals surface area (Å²) in [7, 11) is 0. The Kier molecular flexibility index (Phi) is 2.32. The summed E-state index contributed by atoms with van der Waals surface area (Å²) in [5, 5.41) is 5.81. The number of nitrogens with one attached hydrogen (secondary N) is 1. The van der Waals surface area contributed by atoms with Crippen molar-refractivity contribution < 1.29 is 4.79 Å². The van der Waals surface area contributed by atoms with Gasteiger partial charge in [-0.2, -0.15) is 4.99 Å². The highest BCUT2D eigenvalue weighted by molar-refractivity contribution is 8.15. The molecular formula is C7H7N3OS2. The van der Waals surface area contributed by atoms with Gasteiger partial charge in [0.15, 0.2) is 5.17 Å². The highest BCUT2D eigenvalue weighted by Crippen LogP contribution is 2.23. The third kappa shape index (κ3) is 1.89. The molecule has 0 bridgehead atoms. The van der Waals surface area contributed by atoms with Crippen LogP contribution < -0.4 is 5.32 Å². The maximum Gasteiger partial charge on any atom is 0.239 e. The predicted molar refractivity (Wildman–Crippen MR) is 54.4 cm³/mol. The monoisotopic (exact) mass is 213 g/mol. The van der Waals surface area contributed by atoms with E-state index >= 15 is 0 Å². The number of amides is 1. The van der Waals surface area contributed by atoms with Gasteiger partial charge in [0.2, 0.25) is 11.0 Å². The molecule has 1 aromatic rings. The van der Waals surface area contributed by atoms with Crippen LogP contribution in [0.3, 0.4) is 0 Å². The van der Waals surface area contributed by atoms with Crippen molar-refractivity contribution in [3.05, 3.63) is 11.6 Å². The molecule has 1 N–H and O–H groups in total. The molecule has 68 valence electrons. The molecule has 6 heteroatoms. The molecule has 0 radical (unpaired) electrons.